The Labute approximate surface area is 178 Å². The number of nitrogens with one attached hydrogen (secondary N) is 1. The normalized spacial score (nSPS) is 18.3. The van der Waals surface area contributed by atoms with Crippen LogP contribution in [0.15, 0.2) is 53.7 Å². The number of fused-ring (bicyclic) bond motifs is 1. The highest BCUT2D eigenvalue weighted by molar-refractivity contribution is 6.42. The zero-order chi connectivity index (χ0) is 20.1. The SMILES string of the molecule is Cc1ccc(-c2nc3n(n2)C(c2ccc(Cl)c(Cl)c2)C2=C(CCCC2=O)N3)cc1. The Kier molecular flexibility index (Phi) is 4.45. The van der Waals surface area contributed by atoms with Crippen LogP contribution in [-0.4, -0.2) is 20.5 Å². The number of carbonyl (C=O) groups is 1. The summed E-state index contributed by atoms with van der Waals surface area (Å²) in [5.41, 5.74) is 4.63. The molecule has 5 nitrogen and oxygen atoms in total. The molecule has 3 aromatic rings. The lowest BCUT2D eigenvalue weighted by molar-refractivity contribution is -0.116. The molecule has 146 valence electrons. The highest BCUT2D eigenvalue weighted by Crippen LogP contribution is 2.41. The molecule has 2 aliphatic rings. The molecular formula is C22H18Cl2N4O. The third-order valence-electron chi connectivity index (χ3n) is 5.44. The van der Waals surface area contributed by atoms with E-state index in [0.717, 1.165) is 35.2 Å². The fourth-order valence-electron chi connectivity index (χ4n) is 3.97. The summed E-state index contributed by atoms with van der Waals surface area (Å²) < 4.78 is 1.79. The van der Waals surface area contributed by atoms with Crippen molar-refractivity contribution in [2.75, 3.05) is 5.32 Å². The first kappa shape index (κ1) is 18.4. The van der Waals surface area contributed by atoms with Crippen molar-refractivity contribution in [3.8, 4) is 11.4 Å². The summed E-state index contributed by atoms with van der Waals surface area (Å²) in [5.74, 6) is 1.38. The summed E-state index contributed by atoms with van der Waals surface area (Å²) in [6, 6.07) is 13.2. The Morgan fingerprint density at radius 3 is 2.62 bits per heavy atom. The Balaban J connectivity index is 1.68. The van der Waals surface area contributed by atoms with Crippen LogP contribution in [-0.2, 0) is 4.79 Å². The van der Waals surface area contributed by atoms with E-state index in [9.17, 15) is 4.79 Å². The number of Topliss-reactive ketones (excluding diaryl/α,β-unsaturated/α-hetero) is 1. The minimum absolute atomic E-state index is 0.132. The number of hydrogen-bond donors (Lipinski definition) is 1. The monoisotopic (exact) mass is 424 g/mol. The summed E-state index contributed by atoms with van der Waals surface area (Å²) >= 11 is 12.4. The first-order valence-electron chi connectivity index (χ1n) is 9.53. The standard InChI is InChI=1S/C22H18Cl2N4O/c1-12-5-7-13(8-6-12)21-26-22-25-17-3-2-4-18(29)19(17)20(28(22)27-21)14-9-10-15(23)16(24)11-14/h5-11,20H,2-4H2,1H3,(H,25,26,27). The number of carbonyl (C=O) groups excluding carboxylic acids is 1. The quantitative estimate of drug-likeness (QED) is 0.582. The lowest BCUT2D eigenvalue weighted by Gasteiger charge is -2.32. The van der Waals surface area contributed by atoms with E-state index < -0.39 is 0 Å². The third kappa shape index (κ3) is 3.15. The van der Waals surface area contributed by atoms with E-state index in [1.54, 1.807) is 10.7 Å². The van der Waals surface area contributed by atoms with Gasteiger partial charge >= 0.3 is 0 Å². The molecule has 0 radical (unpaired) electrons. The number of rotatable bonds is 2. The molecule has 0 bridgehead atoms. The van der Waals surface area contributed by atoms with Crippen LogP contribution in [0.4, 0.5) is 5.95 Å². The lowest BCUT2D eigenvalue weighted by Crippen LogP contribution is -2.31. The van der Waals surface area contributed by atoms with E-state index in [4.69, 9.17) is 33.3 Å². The van der Waals surface area contributed by atoms with Crippen molar-refractivity contribution < 1.29 is 4.79 Å². The van der Waals surface area contributed by atoms with Crippen molar-refractivity contribution in [2.45, 2.75) is 32.2 Å². The van der Waals surface area contributed by atoms with Gasteiger partial charge in [0.25, 0.3) is 0 Å². The number of benzene rings is 2. The fourth-order valence-corrected chi connectivity index (χ4v) is 4.28. The van der Waals surface area contributed by atoms with E-state index in [2.05, 4.69) is 5.32 Å². The summed E-state index contributed by atoms with van der Waals surface area (Å²) in [6.07, 6.45) is 2.18. The third-order valence-corrected chi connectivity index (χ3v) is 6.18. The molecule has 0 saturated carbocycles. The fraction of sp³-hybridized carbons (Fsp3) is 0.227. The molecule has 1 N–H and O–H groups in total. The van der Waals surface area contributed by atoms with Gasteiger partial charge in [0, 0.05) is 23.3 Å². The second-order valence-electron chi connectivity index (χ2n) is 7.44. The van der Waals surface area contributed by atoms with E-state index in [1.165, 1.54) is 5.56 Å². The maximum Gasteiger partial charge on any atom is 0.226 e. The van der Waals surface area contributed by atoms with Gasteiger partial charge in [0.2, 0.25) is 5.95 Å². The minimum Gasteiger partial charge on any atom is -0.328 e. The molecule has 2 aromatic carbocycles. The Morgan fingerprint density at radius 1 is 1.07 bits per heavy atom. The lowest BCUT2D eigenvalue weighted by atomic mass is 9.85. The van der Waals surface area contributed by atoms with Crippen LogP contribution in [0.5, 0.6) is 0 Å². The summed E-state index contributed by atoms with van der Waals surface area (Å²) in [7, 11) is 0. The molecule has 5 rings (SSSR count). The van der Waals surface area contributed by atoms with Gasteiger partial charge in [-0.1, -0.05) is 59.1 Å². The van der Waals surface area contributed by atoms with Crippen molar-refractivity contribution in [1.29, 1.82) is 0 Å². The van der Waals surface area contributed by atoms with Crippen LogP contribution in [0.3, 0.4) is 0 Å². The van der Waals surface area contributed by atoms with E-state index in [0.29, 0.717) is 28.2 Å². The molecule has 0 amide bonds. The molecule has 29 heavy (non-hydrogen) atoms. The van der Waals surface area contributed by atoms with Gasteiger partial charge in [-0.05, 0) is 37.5 Å². The van der Waals surface area contributed by atoms with Crippen molar-refractivity contribution in [1.82, 2.24) is 14.8 Å². The van der Waals surface area contributed by atoms with Crippen LogP contribution in [0.1, 0.15) is 36.4 Å². The number of aromatic nitrogens is 3. The van der Waals surface area contributed by atoms with Gasteiger partial charge in [-0.3, -0.25) is 4.79 Å². The number of nitrogens with zero attached hydrogens (tertiary/aromatic N) is 3. The van der Waals surface area contributed by atoms with Gasteiger partial charge < -0.3 is 5.32 Å². The number of anilines is 1. The van der Waals surface area contributed by atoms with E-state index in [1.807, 2.05) is 43.3 Å². The Bertz CT molecular complexity index is 1160. The highest BCUT2D eigenvalue weighted by atomic mass is 35.5. The molecule has 1 aliphatic heterocycles. The molecule has 0 fully saturated rings. The van der Waals surface area contributed by atoms with Gasteiger partial charge in [-0.15, -0.1) is 5.10 Å². The predicted molar refractivity (Wildman–Crippen MR) is 114 cm³/mol. The van der Waals surface area contributed by atoms with Gasteiger partial charge in [0.05, 0.1) is 10.0 Å². The first-order chi connectivity index (χ1) is 14.0. The highest BCUT2D eigenvalue weighted by Gasteiger charge is 2.37. The number of hydrogen-bond acceptors (Lipinski definition) is 4. The van der Waals surface area contributed by atoms with E-state index in [-0.39, 0.29) is 11.8 Å². The number of ketones is 1. The molecule has 1 atom stereocenters. The van der Waals surface area contributed by atoms with Gasteiger partial charge in [0.1, 0.15) is 6.04 Å². The topological polar surface area (TPSA) is 59.8 Å². The van der Waals surface area contributed by atoms with Gasteiger partial charge in [-0.2, -0.15) is 4.98 Å². The zero-order valence-corrected chi connectivity index (χ0v) is 17.3. The summed E-state index contributed by atoms with van der Waals surface area (Å²) in [6.45, 7) is 2.04. The van der Waals surface area contributed by atoms with Crippen LogP contribution in [0.2, 0.25) is 10.0 Å². The molecule has 0 spiro atoms. The van der Waals surface area contributed by atoms with Crippen LogP contribution in [0.25, 0.3) is 11.4 Å². The average Bonchev–Trinajstić information content (AvgIpc) is 3.13. The number of halogens is 2. The molecule has 1 aliphatic carbocycles. The second kappa shape index (κ2) is 7.01. The maximum atomic E-state index is 12.9. The van der Waals surface area contributed by atoms with Crippen molar-refractivity contribution in [3.05, 3.63) is 74.9 Å². The number of allylic oxidation sites excluding steroid dienone is 2. The molecule has 7 heteroatoms. The number of aryl methyl sites for hydroxylation is 1. The summed E-state index contributed by atoms with van der Waals surface area (Å²) in [5, 5.41) is 9.04. The zero-order valence-electron chi connectivity index (χ0n) is 15.7. The van der Waals surface area contributed by atoms with Crippen LogP contribution < -0.4 is 5.32 Å². The molecular weight excluding hydrogens is 407 g/mol. The smallest absolute Gasteiger partial charge is 0.226 e. The minimum atomic E-state index is -0.379. The maximum absolute atomic E-state index is 12.9. The van der Waals surface area contributed by atoms with E-state index >= 15 is 0 Å². The molecule has 0 saturated heterocycles. The summed E-state index contributed by atoms with van der Waals surface area (Å²) in [4.78, 5) is 17.6. The predicted octanol–water partition coefficient (Wildman–Crippen LogP) is 5.58. The molecule has 1 aromatic heterocycles. The van der Waals surface area contributed by atoms with Crippen molar-refractivity contribution >= 4 is 34.9 Å². The Hall–Kier alpha value is -2.63. The Morgan fingerprint density at radius 2 is 1.86 bits per heavy atom. The largest absolute Gasteiger partial charge is 0.328 e. The molecule has 1 unspecified atom stereocenters. The second-order valence-corrected chi connectivity index (χ2v) is 8.25. The first-order valence-corrected chi connectivity index (χ1v) is 10.3. The van der Waals surface area contributed by atoms with Crippen molar-refractivity contribution in [2.24, 2.45) is 0 Å². The van der Waals surface area contributed by atoms with Crippen LogP contribution in [0, 0.1) is 6.92 Å². The van der Waals surface area contributed by atoms with Gasteiger partial charge in [-0.25, -0.2) is 4.68 Å². The average molecular weight is 425 g/mol. The van der Waals surface area contributed by atoms with Gasteiger partial charge in [0.15, 0.2) is 11.6 Å². The molecule has 2 heterocycles. The van der Waals surface area contributed by atoms with Crippen LogP contribution >= 0.6 is 23.2 Å². The van der Waals surface area contributed by atoms with Crippen molar-refractivity contribution in [3.63, 3.8) is 0 Å².